The highest BCUT2D eigenvalue weighted by Gasteiger charge is 2.29. The lowest BCUT2D eigenvalue weighted by molar-refractivity contribution is -0.141. The molecule has 3 aromatic carbocycles. The van der Waals surface area contributed by atoms with Crippen LogP contribution in [0.3, 0.4) is 0 Å². The van der Waals surface area contributed by atoms with Gasteiger partial charge in [0, 0.05) is 25.9 Å². The monoisotopic (exact) mass is 462 g/mol. The second-order valence-electron chi connectivity index (χ2n) is 8.11. The molecule has 0 fully saturated rings. The Bertz CT molecular complexity index is 1140. The summed E-state index contributed by atoms with van der Waals surface area (Å²) in [6.07, 6.45) is 0.614. The van der Waals surface area contributed by atoms with Crippen LogP contribution >= 0.6 is 0 Å². The zero-order valence-corrected chi connectivity index (χ0v) is 19.0. The predicted octanol–water partition coefficient (Wildman–Crippen LogP) is 4.22. The third kappa shape index (κ3) is 5.73. The average molecular weight is 463 g/mol. The minimum absolute atomic E-state index is 0.150. The summed E-state index contributed by atoms with van der Waals surface area (Å²) in [5.41, 5.74) is 2.56. The molecule has 0 bridgehead atoms. The molecule has 0 aromatic heterocycles. The van der Waals surface area contributed by atoms with E-state index in [1.54, 1.807) is 24.0 Å². The molecule has 3 aromatic rings. The van der Waals surface area contributed by atoms with Gasteiger partial charge >= 0.3 is 0 Å². The van der Waals surface area contributed by atoms with Gasteiger partial charge in [0.1, 0.15) is 11.9 Å². The zero-order valence-electron chi connectivity index (χ0n) is 19.0. The maximum absolute atomic E-state index is 13.4. The topological polar surface area (TPSA) is 67.9 Å². The number of amides is 2. The van der Waals surface area contributed by atoms with Gasteiger partial charge in [0.25, 0.3) is 0 Å². The van der Waals surface area contributed by atoms with Crippen LogP contribution in [0.1, 0.15) is 30.0 Å². The van der Waals surface area contributed by atoms with E-state index in [0.29, 0.717) is 17.9 Å². The van der Waals surface area contributed by atoms with Crippen molar-refractivity contribution >= 4 is 11.8 Å². The van der Waals surface area contributed by atoms with Gasteiger partial charge in [-0.05, 0) is 41.0 Å². The van der Waals surface area contributed by atoms with Crippen molar-refractivity contribution in [2.75, 3.05) is 6.79 Å². The fourth-order valence-corrected chi connectivity index (χ4v) is 3.90. The summed E-state index contributed by atoms with van der Waals surface area (Å²) in [5.74, 6) is 0.566. The molecule has 176 valence electrons. The van der Waals surface area contributed by atoms with Gasteiger partial charge in [-0.2, -0.15) is 0 Å². The van der Waals surface area contributed by atoms with Crippen LogP contribution in [0, 0.1) is 5.82 Å². The van der Waals surface area contributed by atoms with Crippen LogP contribution in [0.5, 0.6) is 11.5 Å². The number of carbonyl (C=O) groups excluding carboxylic acids is 2. The number of carbonyl (C=O) groups is 2. The first-order valence-electron chi connectivity index (χ1n) is 11.3. The number of nitrogens with one attached hydrogen (secondary N) is 1. The van der Waals surface area contributed by atoms with Crippen LogP contribution in [0.4, 0.5) is 4.39 Å². The second-order valence-corrected chi connectivity index (χ2v) is 8.11. The molecule has 1 unspecified atom stereocenters. The first-order chi connectivity index (χ1) is 16.5. The number of hydrogen-bond acceptors (Lipinski definition) is 4. The Morgan fingerprint density at radius 2 is 1.65 bits per heavy atom. The summed E-state index contributed by atoms with van der Waals surface area (Å²) in [6.45, 7) is 2.44. The van der Waals surface area contributed by atoms with E-state index in [1.807, 2.05) is 48.5 Å². The van der Waals surface area contributed by atoms with Crippen LogP contribution in [0.25, 0.3) is 0 Å². The molecular weight excluding hydrogens is 435 g/mol. The normalized spacial score (nSPS) is 12.8. The van der Waals surface area contributed by atoms with Crippen molar-refractivity contribution in [3.8, 4) is 11.5 Å². The highest BCUT2D eigenvalue weighted by molar-refractivity contribution is 5.88. The highest BCUT2D eigenvalue weighted by Crippen LogP contribution is 2.32. The molecule has 1 heterocycles. The molecule has 6 nitrogen and oxygen atoms in total. The molecule has 0 saturated heterocycles. The van der Waals surface area contributed by atoms with Crippen LogP contribution in [-0.2, 0) is 29.1 Å². The maximum Gasteiger partial charge on any atom is 0.243 e. The van der Waals surface area contributed by atoms with E-state index < -0.39 is 6.04 Å². The number of hydrogen-bond donors (Lipinski definition) is 1. The van der Waals surface area contributed by atoms with Gasteiger partial charge in [-0.1, -0.05) is 55.5 Å². The van der Waals surface area contributed by atoms with Gasteiger partial charge in [0.05, 0.1) is 0 Å². The predicted molar refractivity (Wildman–Crippen MR) is 126 cm³/mol. The Balaban J connectivity index is 1.56. The Hall–Kier alpha value is -3.87. The SMILES string of the molecule is CCC(=O)N(Cc1ccc(F)cc1)C(Cc1ccccc1)C(=O)NCc1ccc2c(c1)OCO2. The number of benzene rings is 3. The van der Waals surface area contributed by atoms with Crippen LogP contribution in [-0.4, -0.2) is 29.5 Å². The molecule has 1 aliphatic rings. The third-order valence-electron chi connectivity index (χ3n) is 5.74. The van der Waals surface area contributed by atoms with Crippen molar-refractivity contribution in [1.29, 1.82) is 0 Å². The number of fused-ring (bicyclic) bond motifs is 1. The minimum atomic E-state index is -0.728. The quantitative estimate of drug-likeness (QED) is 0.517. The van der Waals surface area contributed by atoms with Gasteiger partial charge in [-0.3, -0.25) is 9.59 Å². The number of nitrogens with zero attached hydrogens (tertiary/aromatic N) is 1. The van der Waals surface area contributed by atoms with E-state index in [2.05, 4.69) is 5.32 Å². The molecule has 7 heteroatoms. The Kier molecular flexibility index (Phi) is 7.42. The lowest BCUT2D eigenvalue weighted by Gasteiger charge is -2.31. The van der Waals surface area contributed by atoms with E-state index in [1.165, 1.54) is 12.1 Å². The molecule has 1 N–H and O–H groups in total. The molecule has 0 spiro atoms. The first-order valence-corrected chi connectivity index (χ1v) is 11.3. The van der Waals surface area contributed by atoms with Crippen molar-refractivity contribution in [1.82, 2.24) is 10.2 Å². The van der Waals surface area contributed by atoms with Gasteiger partial charge in [0.2, 0.25) is 18.6 Å². The molecule has 1 aliphatic heterocycles. The fraction of sp³-hybridized carbons (Fsp3) is 0.259. The van der Waals surface area contributed by atoms with E-state index in [9.17, 15) is 14.0 Å². The van der Waals surface area contributed by atoms with Gasteiger partial charge in [-0.25, -0.2) is 4.39 Å². The van der Waals surface area contributed by atoms with Gasteiger partial charge < -0.3 is 19.7 Å². The van der Waals surface area contributed by atoms with E-state index in [-0.39, 0.29) is 43.9 Å². The molecule has 0 saturated carbocycles. The average Bonchev–Trinajstić information content (AvgIpc) is 3.34. The van der Waals surface area contributed by atoms with Gasteiger partial charge in [-0.15, -0.1) is 0 Å². The van der Waals surface area contributed by atoms with Crippen molar-refractivity contribution in [3.63, 3.8) is 0 Å². The number of ether oxygens (including phenoxy) is 2. The molecule has 0 aliphatic carbocycles. The van der Waals surface area contributed by atoms with Gasteiger partial charge in [0.15, 0.2) is 11.5 Å². The maximum atomic E-state index is 13.4. The van der Waals surface area contributed by atoms with Crippen molar-refractivity contribution in [2.24, 2.45) is 0 Å². The lowest BCUT2D eigenvalue weighted by atomic mass is 10.0. The van der Waals surface area contributed by atoms with Crippen LogP contribution in [0.15, 0.2) is 72.8 Å². The Morgan fingerprint density at radius 1 is 0.941 bits per heavy atom. The summed E-state index contributed by atoms with van der Waals surface area (Å²) in [4.78, 5) is 28.0. The molecular formula is C27H27FN2O4. The molecule has 34 heavy (non-hydrogen) atoms. The summed E-state index contributed by atoms with van der Waals surface area (Å²) < 4.78 is 24.2. The summed E-state index contributed by atoms with van der Waals surface area (Å²) in [6, 6.07) is 20.4. The second kappa shape index (κ2) is 10.8. The van der Waals surface area contributed by atoms with Crippen molar-refractivity contribution in [2.45, 2.75) is 38.9 Å². The zero-order chi connectivity index (χ0) is 23.9. The Morgan fingerprint density at radius 3 is 2.38 bits per heavy atom. The molecule has 4 rings (SSSR count). The molecule has 0 radical (unpaired) electrons. The standard InChI is InChI=1S/C27H27FN2O4/c1-2-26(31)30(17-20-8-11-22(28)12-9-20)23(14-19-6-4-3-5-7-19)27(32)29-16-21-10-13-24-25(15-21)34-18-33-24/h3-13,15,23H,2,14,16-18H2,1H3,(H,29,32). The fourth-order valence-electron chi connectivity index (χ4n) is 3.90. The third-order valence-corrected chi connectivity index (χ3v) is 5.74. The largest absolute Gasteiger partial charge is 0.454 e. The smallest absolute Gasteiger partial charge is 0.243 e. The number of rotatable bonds is 9. The van der Waals surface area contributed by atoms with E-state index >= 15 is 0 Å². The Labute approximate surface area is 198 Å². The lowest BCUT2D eigenvalue weighted by Crippen LogP contribution is -2.50. The summed E-state index contributed by atoms with van der Waals surface area (Å²) >= 11 is 0. The summed E-state index contributed by atoms with van der Waals surface area (Å²) in [5, 5.41) is 2.98. The molecule has 1 atom stereocenters. The highest BCUT2D eigenvalue weighted by atomic mass is 19.1. The van der Waals surface area contributed by atoms with Crippen LogP contribution in [0.2, 0.25) is 0 Å². The van der Waals surface area contributed by atoms with Crippen LogP contribution < -0.4 is 14.8 Å². The summed E-state index contributed by atoms with van der Waals surface area (Å²) in [7, 11) is 0. The van der Waals surface area contributed by atoms with E-state index in [0.717, 1.165) is 16.7 Å². The molecule has 2 amide bonds. The van der Waals surface area contributed by atoms with E-state index in [4.69, 9.17) is 9.47 Å². The van der Waals surface area contributed by atoms with Crippen molar-refractivity contribution in [3.05, 3.63) is 95.3 Å². The number of halogens is 1. The minimum Gasteiger partial charge on any atom is -0.454 e. The first kappa shape index (κ1) is 23.3. The van der Waals surface area contributed by atoms with Crippen molar-refractivity contribution < 1.29 is 23.5 Å².